The summed E-state index contributed by atoms with van der Waals surface area (Å²) in [6, 6.07) is 8.52. The Morgan fingerprint density at radius 2 is 2.00 bits per heavy atom. The number of hydrogen-bond donors (Lipinski definition) is 1. The van der Waals surface area contributed by atoms with Gasteiger partial charge < -0.3 is 24.1 Å². The van der Waals surface area contributed by atoms with Gasteiger partial charge in [-0.05, 0) is 37.3 Å². The lowest BCUT2D eigenvalue weighted by Gasteiger charge is -2.21. The summed E-state index contributed by atoms with van der Waals surface area (Å²) in [5, 5.41) is 9.10. The van der Waals surface area contributed by atoms with E-state index in [9.17, 15) is 14.4 Å². The molecule has 2 amide bonds. The second-order valence-corrected chi connectivity index (χ2v) is 6.79. The number of aromatic carboxylic acids is 1. The fourth-order valence-electron chi connectivity index (χ4n) is 3.34. The number of carbonyl (C=O) groups excluding carboxylic acids is 2. The molecule has 1 atom stereocenters. The van der Waals surface area contributed by atoms with E-state index >= 15 is 0 Å². The number of nitrogens with zero attached hydrogens (tertiary/aromatic N) is 2. The van der Waals surface area contributed by atoms with Gasteiger partial charge in [0, 0.05) is 25.7 Å². The standard InChI is InChI=1S/C20H22N2O6/c1-12-17(20(25)26)9-16(28-12)11-21(2)19(24)13-8-18(23)22(10-13)14-4-6-15(27-3)7-5-14/h4-7,9,13H,8,10-11H2,1-3H3,(H,25,26). The van der Waals surface area contributed by atoms with Crippen molar-refractivity contribution in [3.8, 4) is 5.75 Å². The van der Waals surface area contributed by atoms with Crippen LogP contribution in [0.3, 0.4) is 0 Å². The van der Waals surface area contributed by atoms with Gasteiger partial charge in [-0.15, -0.1) is 0 Å². The van der Waals surface area contributed by atoms with Crippen LogP contribution >= 0.6 is 0 Å². The van der Waals surface area contributed by atoms with Gasteiger partial charge in [0.2, 0.25) is 11.8 Å². The van der Waals surface area contributed by atoms with E-state index in [4.69, 9.17) is 14.3 Å². The molecule has 1 N–H and O–H groups in total. The quantitative estimate of drug-likeness (QED) is 0.818. The third kappa shape index (κ3) is 3.85. The number of anilines is 1. The lowest BCUT2D eigenvalue weighted by atomic mass is 10.1. The Kier molecular flexibility index (Phi) is 5.39. The van der Waals surface area contributed by atoms with Gasteiger partial charge in [-0.25, -0.2) is 4.79 Å². The van der Waals surface area contributed by atoms with Crippen molar-refractivity contribution in [1.82, 2.24) is 4.90 Å². The number of furan rings is 1. The number of carboxylic acid groups (broad SMARTS) is 1. The average molecular weight is 386 g/mol. The number of carbonyl (C=O) groups is 3. The van der Waals surface area contributed by atoms with E-state index < -0.39 is 11.9 Å². The van der Waals surface area contributed by atoms with Crippen molar-refractivity contribution in [3.63, 3.8) is 0 Å². The zero-order valence-electron chi connectivity index (χ0n) is 16.0. The van der Waals surface area contributed by atoms with Gasteiger partial charge in [-0.2, -0.15) is 0 Å². The number of aryl methyl sites for hydroxylation is 1. The molecule has 28 heavy (non-hydrogen) atoms. The zero-order chi connectivity index (χ0) is 20.4. The molecule has 0 saturated carbocycles. The van der Waals surface area contributed by atoms with E-state index in [2.05, 4.69) is 0 Å². The molecule has 3 rings (SSSR count). The molecule has 0 radical (unpaired) electrons. The maximum absolute atomic E-state index is 12.8. The molecular formula is C20H22N2O6. The summed E-state index contributed by atoms with van der Waals surface area (Å²) in [7, 11) is 3.18. The summed E-state index contributed by atoms with van der Waals surface area (Å²) in [5.74, 6) is -0.453. The minimum Gasteiger partial charge on any atom is -0.497 e. The van der Waals surface area contributed by atoms with Crippen molar-refractivity contribution in [2.24, 2.45) is 5.92 Å². The molecule has 0 aliphatic carbocycles. The Labute approximate surface area is 162 Å². The topological polar surface area (TPSA) is 100 Å². The molecule has 2 aromatic rings. The van der Waals surface area contributed by atoms with Crippen molar-refractivity contribution in [1.29, 1.82) is 0 Å². The Morgan fingerprint density at radius 3 is 2.57 bits per heavy atom. The Bertz CT molecular complexity index is 902. The largest absolute Gasteiger partial charge is 0.497 e. The highest BCUT2D eigenvalue weighted by Gasteiger charge is 2.36. The van der Waals surface area contributed by atoms with Crippen LogP contribution in [-0.4, -0.2) is 48.5 Å². The maximum Gasteiger partial charge on any atom is 0.339 e. The lowest BCUT2D eigenvalue weighted by molar-refractivity contribution is -0.135. The number of methoxy groups -OCH3 is 1. The van der Waals surface area contributed by atoms with Crippen LogP contribution in [0.4, 0.5) is 5.69 Å². The second kappa shape index (κ2) is 7.75. The number of hydrogen-bond acceptors (Lipinski definition) is 5. The van der Waals surface area contributed by atoms with Crippen molar-refractivity contribution in [2.45, 2.75) is 19.9 Å². The highest BCUT2D eigenvalue weighted by Crippen LogP contribution is 2.28. The molecule has 8 heteroatoms. The summed E-state index contributed by atoms with van der Waals surface area (Å²) in [6.45, 7) is 2.00. The zero-order valence-corrected chi connectivity index (χ0v) is 16.0. The predicted molar refractivity (Wildman–Crippen MR) is 100 cm³/mol. The maximum atomic E-state index is 12.8. The molecule has 1 aromatic carbocycles. The first-order valence-corrected chi connectivity index (χ1v) is 8.82. The normalized spacial score (nSPS) is 16.3. The van der Waals surface area contributed by atoms with Gasteiger partial charge in [0.05, 0.1) is 19.6 Å². The van der Waals surface area contributed by atoms with Gasteiger partial charge in [0.15, 0.2) is 0 Å². The first-order valence-electron chi connectivity index (χ1n) is 8.82. The smallest absolute Gasteiger partial charge is 0.339 e. The Hall–Kier alpha value is -3.29. The van der Waals surface area contributed by atoms with Crippen molar-refractivity contribution in [3.05, 3.63) is 47.4 Å². The molecule has 2 heterocycles. The second-order valence-electron chi connectivity index (χ2n) is 6.79. The monoisotopic (exact) mass is 386 g/mol. The van der Waals surface area contributed by atoms with Crippen LogP contribution in [0.1, 0.15) is 28.3 Å². The third-order valence-corrected chi connectivity index (χ3v) is 4.83. The SMILES string of the molecule is COc1ccc(N2CC(C(=O)N(C)Cc3cc(C(=O)O)c(C)o3)CC2=O)cc1. The molecule has 148 valence electrons. The molecule has 0 spiro atoms. The Balaban J connectivity index is 1.66. The minimum atomic E-state index is -1.07. The summed E-state index contributed by atoms with van der Waals surface area (Å²) < 4.78 is 10.5. The summed E-state index contributed by atoms with van der Waals surface area (Å²) in [6.07, 6.45) is 0.132. The van der Waals surface area contributed by atoms with E-state index in [0.29, 0.717) is 23.8 Å². The summed E-state index contributed by atoms with van der Waals surface area (Å²) in [4.78, 5) is 39.3. The molecule has 1 aliphatic heterocycles. The van der Waals surface area contributed by atoms with Crippen LogP contribution in [0, 0.1) is 12.8 Å². The molecule has 1 aromatic heterocycles. The molecular weight excluding hydrogens is 364 g/mol. The molecule has 1 unspecified atom stereocenters. The Morgan fingerprint density at radius 1 is 1.32 bits per heavy atom. The van der Waals surface area contributed by atoms with Crippen LogP contribution in [0.25, 0.3) is 0 Å². The molecule has 0 bridgehead atoms. The van der Waals surface area contributed by atoms with E-state index in [0.717, 1.165) is 5.69 Å². The third-order valence-electron chi connectivity index (χ3n) is 4.83. The number of amides is 2. The fourth-order valence-corrected chi connectivity index (χ4v) is 3.34. The van der Waals surface area contributed by atoms with Gasteiger partial charge in [-0.1, -0.05) is 0 Å². The van der Waals surface area contributed by atoms with E-state index in [1.54, 1.807) is 50.2 Å². The van der Waals surface area contributed by atoms with Crippen molar-refractivity contribution in [2.75, 3.05) is 25.6 Å². The average Bonchev–Trinajstić information content (AvgIpc) is 3.23. The number of ether oxygens (including phenoxy) is 1. The van der Waals surface area contributed by atoms with Gasteiger partial charge in [0.1, 0.15) is 22.8 Å². The van der Waals surface area contributed by atoms with Crippen LogP contribution in [-0.2, 0) is 16.1 Å². The van der Waals surface area contributed by atoms with E-state index in [-0.39, 0.29) is 30.3 Å². The van der Waals surface area contributed by atoms with Crippen molar-refractivity contribution < 1.29 is 28.6 Å². The highest BCUT2D eigenvalue weighted by atomic mass is 16.5. The van der Waals surface area contributed by atoms with E-state index in [1.807, 2.05) is 0 Å². The summed E-state index contributed by atoms with van der Waals surface area (Å²) >= 11 is 0. The number of carboxylic acids is 1. The van der Waals surface area contributed by atoms with E-state index in [1.165, 1.54) is 11.0 Å². The number of rotatable bonds is 6. The van der Waals surface area contributed by atoms with Gasteiger partial charge in [-0.3, -0.25) is 9.59 Å². The first-order chi connectivity index (χ1) is 13.3. The summed E-state index contributed by atoms with van der Waals surface area (Å²) in [5.41, 5.74) is 0.800. The lowest BCUT2D eigenvalue weighted by Crippen LogP contribution is -2.34. The molecule has 1 saturated heterocycles. The van der Waals surface area contributed by atoms with Crippen LogP contribution < -0.4 is 9.64 Å². The first kappa shape index (κ1) is 19.5. The van der Waals surface area contributed by atoms with Crippen LogP contribution in [0.2, 0.25) is 0 Å². The van der Waals surface area contributed by atoms with Crippen LogP contribution in [0.5, 0.6) is 5.75 Å². The molecule has 1 fully saturated rings. The number of benzene rings is 1. The highest BCUT2D eigenvalue weighted by molar-refractivity contribution is 6.00. The fraction of sp³-hybridized carbons (Fsp3) is 0.350. The molecule has 8 nitrogen and oxygen atoms in total. The molecule has 1 aliphatic rings. The minimum absolute atomic E-state index is 0.0811. The predicted octanol–water partition coefficient (Wildman–Crippen LogP) is 2.31. The van der Waals surface area contributed by atoms with Gasteiger partial charge >= 0.3 is 5.97 Å². The van der Waals surface area contributed by atoms with Crippen molar-refractivity contribution >= 4 is 23.5 Å². The van der Waals surface area contributed by atoms with Crippen LogP contribution in [0.15, 0.2) is 34.7 Å². The van der Waals surface area contributed by atoms with Gasteiger partial charge in [0.25, 0.3) is 0 Å².